The zero-order chi connectivity index (χ0) is 21.0. The normalized spacial score (nSPS) is 27.0. The van der Waals surface area contributed by atoms with Crippen LogP contribution in [0.25, 0.3) is 11.1 Å². The van der Waals surface area contributed by atoms with E-state index in [1.54, 1.807) is 12.1 Å². The summed E-state index contributed by atoms with van der Waals surface area (Å²) in [6, 6.07) is 14.6. The van der Waals surface area contributed by atoms with Gasteiger partial charge in [-0.15, -0.1) is 0 Å². The van der Waals surface area contributed by atoms with Crippen LogP contribution in [0.2, 0.25) is 0 Å². The Balaban J connectivity index is 1.70. The second-order valence-electron chi connectivity index (χ2n) is 6.98. The molecule has 2 aromatic carbocycles. The number of aliphatic hydroxyl groups excluding tert-OH is 4. The third-order valence-electron chi connectivity index (χ3n) is 4.81. The molecule has 3 rings (SSSR count). The highest BCUT2D eigenvalue weighted by atomic mass is 16.7. The fourth-order valence-corrected chi connectivity index (χ4v) is 3.26. The number of aliphatic hydroxyl groups is 4. The van der Waals surface area contributed by atoms with E-state index in [1.165, 1.54) is 0 Å². The molecule has 1 heterocycles. The molecule has 0 amide bonds. The van der Waals surface area contributed by atoms with Gasteiger partial charge >= 0.3 is 5.97 Å². The molecule has 1 saturated heterocycles. The van der Waals surface area contributed by atoms with Crippen LogP contribution in [-0.2, 0) is 27.3 Å². The van der Waals surface area contributed by atoms with Crippen LogP contribution in [0.5, 0.6) is 0 Å². The van der Waals surface area contributed by atoms with Gasteiger partial charge in [0.05, 0.1) is 19.6 Å². The average molecular weight is 404 g/mol. The van der Waals surface area contributed by atoms with E-state index in [-0.39, 0.29) is 13.0 Å². The lowest BCUT2D eigenvalue weighted by molar-refractivity contribution is -0.304. The molecule has 0 aliphatic carbocycles. The monoisotopic (exact) mass is 404 g/mol. The van der Waals surface area contributed by atoms with Gasteiger partial charge in [0, 0.05) is 0 Å². The minimum absolute atomic E-state index is 0.0609. The summed E-state index contributed by atoms with van der Waals surface area (Å²) < 4.78 is 10.9. The maximum absolute atomic E-state index is 10.9. The molecule has 0 radical (unpaired) electrons. The Bertz CT molecular complexity index is 837. The molecule has 0 aromatic heterocycles. The molecule has 29 heavy (non-hydrogen) atoms. The SMILES string of the molecule is O=C(O)Cc1cccc(-c2cccc(CO[C@H]3O[C@H](CO)[C@@H](O)[C@@H](O)[C@@H]3O)c2)c1. The molecule has 8 nitrogen and oxygen atoms in total. The Kier molecular flexibility index (Phi) is 6.96. The second kappa shape index (κ2) is 9.45. The van der Waals surface area contributed by atoms with Crippen LogP contribution in [0, 0.1) is 0 Å². The van der Waals surface area contributed by atoms with Crippen LogP contribution in [0.15, 0.2) is 48.5 Å². The standard InChI is InChI=1S/C21H24O8/c22-10-16-18(25)19(26)20(27)21(29-16)28-11-13-4-2-6-15(8-13)14-5-1-3-12(7-14)9-17(23)24/h1-8,16,18-22,25-27H,9-11H2,(H,23,24)/t16-,18-,19-,20+,21+/m1/s1. The maximum Gasteiger partial charge on any atom is 0.307 e. The lowest BCUT2D eigenvalue weighted by atomic mass is 9.99. The molecule has 156 valence electrons. The van der Waals surface area contributed by atoms with Crippen molar-refractivity contribution in [1.82, 2.24) is 0 Å². The number of rotatable bonds is 7. The first-order valence-corrected chi connectivity index (χ1v) is 9.21. The maximum atomic E-state index is 10.9. The second-order valence-corrected chi connectivity index (χ2v) is 6.98. The predicted molar refractivity (Wildman–Crippen MR) is 102 cm³/mol. The lowest BCUT2D eigenvalue weighted by Crippen LogP contribution is -2.59. The topological polar surface area (TPSA) is 137 Å². The van der Waals surface area contributed by atoms with Crippen molar-refractivity contribution in [1.29, 1.82) is 0 Å². The van der Waals surface area contributed by atoms with Gasteiger partial charge in [0.15, 0.2) is 6.29 Å². The molecule has 0 unspecified atom stereocenters. The summed E-state index contributed by atoms with van der Waals surface area (Å²) in [7, 11) is 0. The van der Waals surface area contributed by atoms with Crippen LogP contribution < -0.4 is 0 Å². The quantitative estimate of drug-likeness (QED) is 0.444. The summed E-state index contributed by atoms with van der Waals surface area (Å²) in [4.78, 5) is 10.9. The van der Waals surface area contributed by atoms with Gasteiger partial charge in [-0.2, -0.15) is 0 Å². The summed E-state index contributed by atoms with van der Waals surface area (Å²) >= 11 is 0. The van der Waals surface area contributed by atoms with Crippen molar-refractivity contribution in [3.63, 3.8) is 0 Å². The number of carbonyl (C=O) groups is 1. The summed E-state index contributed by atoms with van der Waals surface area (Å²) in [5, 5.41) is 47.9. The highest BCUT2D eigenvalue weighted by Crippen LogP contribution is 2.25. The van der Waals surface area contributed by atoms with Crippen molar-refractivity contribution in [3.05, 3.63) is 59.7 Å². The molecule has 5 N–H and O–H groups in total. The average Bonchev–Trinajstić information content (AvgIpc) is 2.71. The van der Waals surface area contributed by atoms with Gasteiger partial charge < -0.3 is 35.0 Å². The van der Waals surface area contributed by atoms with Crippen molar-refractivity contribution in [2.24, 2.45) is 0 Å². The van der Waals surface area contributed by atoms with Crippen molar-refractivity contribution in [2.45, 2.75) is 43.7 Å². The zero-order valence-electron chi connectivity index (χ0n) is 15.6. The Hall–Kier alpha value is -2.33. The van der Waals surface area contributed by atoms with Crippen molar-refractivity contribution in [3.8, 4) is 11.1 Å². The summed E-state index contributed by atoms with van der Waals surface area (Å²) in [5.74, 6) is -0.899. The zero-order valence-corrected chi connectivity index (χ0v) is 15.6. The number of benzene rings is 2. The van der Waals surface area contributed by atoms with Crippen LogP contribution in [0.4, 0.5) is 0 Å². The third kappa shape index (κ3) is 5.18. The Labute approximate surface area is 167 Å². The molecule has 1 fully saturated rings. The van der Waals surface area contributed by atoms with E-state index in [9.17, 15) is 25.2 Å². The molecule has 5 atom stereocenters. The van der Waals surface area contributed by atoms with E-state index in [4.69, 9.17) is 14.6 Å². The smallest absolute Gasteiger partial charge is 0.307 e. The Morgan fingerprint density at radius 3 is 2.17 bits per heavy atom. The first-order chi connectivity index (χ1) is 13.9. The highest BCUT2D eigenvalue weighted by Gasteiger charge is 2.43. The number of carboxylic acids is 1. The van der Waals surface area contributed by atoms with Gasteiger partial charge in [-0.3, -0.25) is 4.79 Å². The lowest BCUT2D eigenvalue weighted by Gasteiger charge is -2.39. The highest BCUT2D eigenvalue weighted by molar-refractivity contribution is 5.72. The van der Waals surface area contributed by atoms with Gasteiger partial charge in [-0.25, -0.2) is 0 Å². The van der Waals surface area contributed by atoms with Crippen LogP contribution in [0.3, 0.4) is 0 Å². The molecule has 1 aliphatic heterocycles. The molecular weight excluding hydrogens is 380 g/mol. The molecular formula is C21H24O8. The number of hydrogen-bond donors (Lipinski definition) is 5. The summed E-state index contributed by atoms with van der Waals surface area (Å²) in [6.45, 7) is -0.460. The van der Waals surface area contributed by atoms with Gasteiger partial charge in [-0.1, -0.05) is 42.5 Å². The van der Waals surface area contributed by atoms with Crippen LogP contribution in [0.1, 0.15) is 11.1 Å². The van der Waals surface area contributed by atoms with E-state index in [0.717, 1.165) is 16.7 Å². The molecule has 0 saturated carbocycles. The molecule has 2 aromatic rings. The van der Waals surface area contributed by atoms with E-state index >= 15 is 0 Å². The van der Waals surface area contributed by atoms with Crippen molar-refractivity contribution >= 4 is 5.97 Å². The van der Waals surface area contributed by atoms with Crippen LogP contribution in [-0.4, -0.2) is 68.8 Å². The van der Waals surface area contributed by atoms with Crippen LogP contribution >= 0.6 is 0 Å². The fourth-order valence-electron chi connectivity index (χ4n) is 3.26. The van der Waals surface area contributed by atoms with Gasteiger partial charge in [0.25, 0.3) is 0 Å². The minimum atomic E-state index is -1.49. The number of aliphatic carboxylic acids is 1. The number of ether oxygens (including phenoxy) is 2. The summed E-state index contributed by atoms with van der Waals surface area (Å²) in [6.07, 6.45) is -6.67. The Morgan fingerprint density at radius 1 is 0.931 bits per heavy atom. The van der Waals surface area contributed by atoms with Crippen molar-refractivity contribution < 1.29 is 39.8 Å². The number of carboxylic acid groups (broad SMARTS) is 1. The Morgan fingerprint density at radius 2 is 1.55 bits per heavy atom. The first kappa shape index (κ1) is 21.4. The van der Waals surface area contributed by atoms with Gasteiger partial charge in [0.1, 0.15) is 24.4 Å². The molecule has 8 heteroatoms. The van der Waals surface area contributed by atoms with E-state index in [2.05, 4.69) is 0 Å². The van der Waals surface area contributed by atoms with Gasteiger partial charge in [0.2, 0.25) is 0 Å². The fraction of sp³-hybridized carbons (Fsp3) is 0.381. The minimum Gasteiger partial charge on any atom is -0.481 e. The van der Waals surface area contributed by atoms with E-state index < -0.39 is 43.3 Å². The largest absolute Gasteiger partial charge is 0.481 e. The first-order valence-electron chi connectivity index (χ1n) is 9.21. The van der Waals surface area contributed by atoms with E-state index in [1.807, 2.05) is 36.4 Å². The molecule has 0 bridgehead atoms. The van der Waals surface area contributed by atoms with Crippen molar-refractivity contribution in [2.75, 3.05) is 6.61 Å². The van der Waals surface area contributed by atoms with E-state index in [0.29, 0.717) is 5.56 Å². The third-order valence-corrected chi connectivity index (χ3v) is 4.81. The summed E-state index contributed by atoms with van der Waals surface area (Å²) in [5.41, 5.74) is 3.19. The van der Waals surface area contributed by atoms with Gasteiger partial charge in [-0.05, 0) is 28.3 Å². The molecule has 1 aliphatic rings. The number of hydrogen-bond acceptors (Lipinski definition) is 7. The molecule has 0 spiro atoms. The predicted octanol–water partition coefficient (Wildman–Crippen LogP) is 0.297.